The second-order valence-corrected chi connectivity index (χ2v) is 7.28. The molecule has 0 aliphatic heterocycles. The second-order valence-electron chi connectivity index (χ2n) is 3.77. The van der Waals surface area contributed by atoms with Crippen molar-refractivity contribution in [1.82, 2.24) is 0 Å². The normalized spacial score (nSPS) is 11.0. The van der Waals surface area contributed by atoms with Gasteiger partial charge in [0.05, 0.1) is 19.8 Å². The largest absolute Gasteiger partial charge is 2.00 e. The molecule has 0 N–H and O–H groups in total. The Morgan fingerprint density at radius 1 is 0.652 bits per heavy atom. The van der Waals surface area contributed by atoms with E-state index in [4.69, 9.17) is 23.2 Å². The summed E-state index contributed by atoms with van der Waals surface area (Å²) in [5.41, 5.74) is 0. The van der Waals surface area contributed by atoms with Gasteiger partial charge in [-0.15, -0.1) is 0 Å². The summed E-state index contributed by atoms with van der Waals surface area (Å²) in [7, 11) is -8.83. The van der Waals surface area contributed by atoms with E-state index in [9.17, 15) is 25.9 Å². The van der Waals surface area contributed by atoms with E-state index in [-0.39, 0.29) is 57.6 Å². The van der Waals surface area contributed by atoms with Crippen molar-refractivity contribution in [3.63, 3.8) is 0 Å². The number of benzene rings is 2. The van der Waals surface area contributed by atoms with Crippen molar-refractivity contribution in [2.75, 3.05) is 0 Å². The first-order valence-corrected chi connectivity index (χ1v) is 9.01. The van der Waals surface area contributed by atoms with Crippen LogP contribution in [0.5, 0.6) is 0 Å². The maximum Gasteiger partial charge on any atom is 2.00 e. The summed E-state index contributed by atoms with van der Waals surface area (Å²) in [4.78, 5) is -0.747. The van der Waals surface area contributed by atoms with Crippen LogP contribution in [0.1, 0.15) is 0 Å². The first-order chi connectivity index (χ1) is 10.0. The van der Waals surface area contributed by atoms with Crippen LogP contribution in [0, 0.1) is 0 Å². The standard InChI is InChI=1S/2C6H5ClO3S.Ca/c2*7-5-3-1-2-4-6(5)11(8,9)10;/h2*1-4H,(H,8,9,10);/q;;+2/p-2. The fourth-order valence-electron chi connectivity index (χ4n) is 1.29. The summed E-state index contributed by atoms with van der Waals surface area (Å²) in [6, 6.07) is 11.0. The van der Waals surface area contributed by atoms with Crippen LogP contribution in [0.2, 0.25) is 10.0 Å². The fraction of sp³-hybridized carbons (Fsp3) is 0. The van der Waals surface area contributed by atoms with Gasteiger partial charge in [0, 0.05) is 0 Å². The molecule has 120 valence electrons. The van der Waals surface area contributed by atoms with E-state index < -0.39 is 20.2 Å². The van der Waals surface area contributed by atoms with Crippen LogP contribution in [-0.2, 0) is 20.2 Å². The van der Waals surface area contributed by atoms with Crippen molar-refractivity contribution < 1.29 is 25.9 Å². The van der Waals surface area contributed by atoms with E-state index >= 15 is 0 Å². The molecule has 0 radical (unpaired) electrons. The molecule has 0 aromatic heterocycles. The molecule has 0 bridgehead atoms. The molecule has 0 fully saturated rings. The zero-order valence-corrected chi connectivity index (χ0v) is 16.7. The van der Waals surface area contributed by atoms with Crippen molar-refractivity contribution in [3.05, 3.63) is 58.6 Å². The molecule has 0 saturated heterocycles. The van der Waals surface area contributed by atoms with Gasteiger partial charge in [0.2, 0.25) is 0 Å². The molecular formula is C12H8CaCl2O6S2. The third-order valence-corrected chi connectivity index (χ3v) is 4.88. The van der Waals surface area contributed by atoms with Gasteiger partial charge in [-0.2, -0.15) is 0 Å². The van der Waals surface area contributed by atoms with Crippen LogP contribution in [0.3, 0.4) is 0 Å². The van der Waals surface area contributed by atoms with Crippen LogP contribution < -0.4 is 0 Å². The molecular weight excluding hydrogens is 415 g/mol. The molecule has 2 aromatic carbocycles. The molecule has 23 heavy (non-hydrogen) atoms. The van der Waals surface area contributed by atoms with Gasteiger partial charge >= 0.3 is 37.7 Å². The molecule has 6 nitrogen and oxygen atoms in total. The molecule has 0 spiro atoms. The van der Waals surface area contributed by atoms with Crippen molar-refractivity contribution in [2.45, 2.75) is 9.79 Å². The maximum atomic E-state index is 10.4. The van der Waals surface area contributed by atoms with Crippen molar-refractivity contribution in [3.8, 4) is 0 Å². The van der Waals surface area contributed by atoms with Gasteiger partial charge < -0.3 is 9.11 Å². The quantitative estimate of drug-likeness (QED) is 0.540. The van der Waals surface area contributed by atoms with Crippen molar-refractivity contribution in [2.24, 2.45) is 0 Å². The van der Waals surface area contributed by atoms with E-state index in [0.717, 1.165) is 0 Å². The minimum Gasteiger partial charge on any atom is -0.744 e. The minimum atomic E-state index is -4.42. The number of hydrogen-bond acceptors (Lipinski definition) is 6. The smallest absolute Gasteiger partial charge is 0.744 e. The van der Waals surface area contributed by atoms with Gasteiger partial charge in [0.25, 0.3) is 0 Å². The summed E-state index contributed by atoms with van der Waals surface area (Å²) in [6.45, 7) is 0. The number of hydrogen-bond donors (Lipinski definition) is 0. The van der Waals surface area contributed by atoms with E-state index in [0.29, 0.717) is 0 Å². The van der Waals surface area contributed by atoms with Crippen LogP contribution in [-0.4, -0.2) is 63.7 Å². The Bertz CT molecular complexity index is 795. The molecule has 0 atom stereocenters. The number of halogens is 2. The third kappa shape index (κ3) is 7.68. The summed E-state index contributed by atoms with van der Waals surface area (Å²) in [6.07, 6.45) is 0. The van der Waals surface area contributed by atoms with Gasteiger partial charge in [-0.25, -0.2) is 16.8 Å². The third-order valence-electron chi connectivity index (χ3n) is 2.21. The predicted molar refractivity (Wildman–Crippen MR) is 84.6 cm³/mol. The number of rotatable bonds is 2. The van der Waals surface area contributed by atoms with Gasteiger partial charge in [-0.3, -0.25) is 0 Å². The van der Waals surface area contributed by atoms with E-state index in [1.54, 1.807) is 12.1 Å². The topological polar surface area (TPSA) is 114 Å². The zero-order valence-electron chi connectivity index (χ0n) is 11.3. The fourth-order valence-corrected chi connectivity index (χ4v) is 3.24. The van der Waals surface area contributed by atoms with Crippen molar-refractivity contribution >= 4 is 81.2 Å². The Balaban J connectivity index is 0.000000403. The molecule has 2 rings (SSSR count). The van der Waals surface area contributed by atoms with Crippen LogP contribution >= 0.6 is 23.2 Å². The first-order valence-electron chi connectivity index (χ1n) is 5.44. The Morgan fingerprint density at radius 3 is 1.09 bits per heavy atom. The second kappa shape index (κ2) is 9.55. The van der Waals surface area contributed by atoms with Gasteiger partial charge in [0.1, 0.15) is 20.2 Å². The molecule has 0 heterocycles. The Morgan fingerprint density at radius 2 is 0.913 bits per heavy atom. The molecule has 11 heteroatoms. The van der Waals surface area contributed by atoms with E-state index in [2.05, 4.69) is 0 Å². The predicted octanol–water partition coefficient (Wildman–Crippen LogP) is 2.11. The molecule has 0 amide bonds. The molecule has 0 saturated carbocycles. The van der Waals surface area contributed by atoms with Gasteiger partial charge in [-0.05, 0) is 24.3 Å². The van der Waals surface area contributed by atoms with Crippen molar-refractivity contribution in [1.29, 1.82) is 0 Å². The average Bonchev–Trinajstić information content (AvgIpc) is 2.37. The van der Waals surface area contributed by atoms with Gasteiger partial charge in [0.15, 0.2) is 0 Å². The minimum absolute atomic E-state index is 0. The zero-order chi connectivity index (χ0) is 17.0. The van der Waals surface area contributed by atoms with E-state index in [1.165, 1.54) is 36.4 Å². The van der Waals surface area contributed by atoms with Crippen LogP contribution in [0.4, 0.5) is 0 Å². The molecule has 0 aliphatic carbocycles. The SMILES string of the molecule is O=S(=O)([O-])c1ccccc1Cl.O=S(=O)([O-])c1ccccc1Cl.[Ca+2]. The van der Waals surface area contributed by atoms with Gasteiger partial charge in [-0.1, -0.05) is 47.5 Å². The monoisotopic (exact) mass is 422 g/mol. The first kappa shape index (κ1) is 23.1. The van der Waals surface area contributed by atoms with Crippen LogP contribution in [0.25, 0.3) is 0 Å². The van der Waals surface area contributed by atoms with Crippen LogP contribution in [0.15, 0.2) is 58.3 Å². The summed E-state index contributed by atoms with van der Waals surface area (Å²) in [5, 5.41) is -0.0787. The summed E-state index contributed by atoms with van der Waals surface area (Å²) >= 11 is 10.9. The summed E-state index contributed by atoms with van der Waals surface area (Å²) in [5.74, 6) is 0. The Labute approximate surface area is 173 Å². The Kier molecular flexibility index (Phi) is 9.59. The molecule has 2 aromatic rings. The molecule has 0 unspecified atom stereocenters. The average molecular weight is 423 g/mol. The maximum absolute atomic E-state index is 10.4. The van der Waals surface area contributed by atoms with E-state index in [1.807, 2.05) is 0 Å². The molecule has 0 aliphatic rings. The summed E-state index contributed by atoms with van der Waals surface area (Å²) < 4.78 is 62.5. The Hall–Kier alpha value is 0.0997.